The van der Waals surface area contributed by atoms with Gasteiger partial charge in [0.2, 0.25) is 0 Å². The summed E-state index contributed by atoms with van der Waals surface area (Å²) in [6.07, 6.45) is 4.85. The second kappa shape index (κ2) is 4.83. The zero-order valence-corrected chi connectivity index (χ0v) is 12.6. The maximum atomic E-state index is 12.5. The highest BCUT2D eigenvalue weighted by Gasteiger charge is 2.47. The third-order valence-corrected chi connectivity index (χ3v) is 5.44. The Morgan fingerprint density at radius 1 is 1.27 bits per heavy atom. The molecule has 2 saturated heterocycles. The molecule has 1 N–H and O–H groups in total. The van der Waals surface area contributed by atoms with Gasteiger partial charge < -0.3 is 19.6 Å². The first-order chi connectivity index (χ1) is 10.6. The van der Waals surface area contributed by atoms with Crippen molar-refractivity contribution in [1.29, 1.82) is 0 Å². The van der Waals surface area contributed by atoms with Crippen molar-refractivity contribution in [3.8, 4) is 0 Å². The molecule has 116 valence electrons. The van der Waals surface area contributed by atoms with Crippen molar-refractivity contribution >= 4 is 16.9 Å². The van der Waals surface area contributed by atoms with E-state index in [-0.39, 0.29) is 28.8 Å². The molecule has 2 bridgehead atoms. The minimum atomic E-state index is -0.288. The number of rotatable bonds is 2. The van der Waals surface area contributed by atoms with Gasteiger partial charge in [-0.1, -0.05) is 18.2 Å². The normalized spacial score (nSPS) is 34.0. The molecule has 0 radical (unpaired) electrons. The summed E-state index contributed by atoms with van der Waals surface area (Å²) in [6.45, 7) is 0. The van der Waals surface area contributed by atoms with Crippen molar-refractivity contribution in [2.75, 3.05) is 7.05 Å². The number of fused-ring (bicyclic) bond motifs is 3. The number of benzene rings is 1. The number of esters is 1. The van der Waals surface area contributed by atoms with Gasteiger partial charge in [0.15, 0.2) is 0 Å². The summed E-state index contributed by atoms with van der Waals surface area (Å²) in [7, 11) is 1.76. The SMILES string of the molecule is C[N+]1([O-])C2CCC1CC(OC(=O)c1c[nH]c3ccccc13)C2. The van der Waals surface area contributed by atoms with Gasteiger partial charge in [-0.25, -0.2) is 4.79 Å². The second-order valence-electron chi connectivity index (χ2n) is 6.69. The Labute approximate surface area is 129 Å². The van der Waals surface area contributed by atoms with Gasteiger partial charge in [0.25, 0.3) is 0 Å². The Kier molecular flexibility index (Phi) is 3.03. The Hall–Kier alpha value is -1.85. The number of para-hydroxylation sites is 1. The van der Waals surface area contributed by atoms with E-state index >= 15 is 0 Å². The smallest absolute Gasteiger partial charge is 0.340 e. The van der Waals surface area contributed by atoms with Crippen LogP contribution in [0.5, 0.6) is 0 Å². The number of aromatic amines is 1. The number of nitrogens with zero attached hydrogens (tertiary/aromatic N) is 1. The van der Waals surface area contributed by atoms with Crippen LogP contribution >= 0.6 is 0 Å². The van der Waals surface area contributed by atoms with Crippen LogP contribution in [0.4, 0.5) is 0 Å². The second-order valence-corrected chi connectivity index (χ2v) is 6.69. The van der Waals surface area contributed by atoms with Crippen LogP contribution in [0.25, 0.3) is 10.9 Å². The summed E-state index contributed by atoms with van der Waals surface area (Å²) in [5.74, 6) is -0.288. The van der Waals surface area contributed by atoms with Gasteiger partial charge in [-0.2, -0.15) is 0 Å². The zero-order chi connectivity index (χ0) is 15.3. The quantitative estimate of drug-likeness (QED) is 0.527. The molecule has 2 aliphatic heterocycles. The molecule has 0 saturated carbocycles. The Morgan fingerprint density at radius 3 is 2.68 bits per heavy atom. The van der Waals surface area contributed by atoms with Gasteiger partial charge in [-0.3, -0.25) is 0 Å². The molecule has 2 atom stereocenters. The molecule has 0 spiro atoms. The maximum Gasteiger partial charge on any atom is 0.340 e. The van der Waals surface area contributed by atoms with Gasteiger partial charge in [-0.05, 0) is 6.07 Å². The van der Waals surface area contributed by atoms with E-state index in [0.29, 0.717) is 18.4 Å². The Morgan fingerprint density at radius 2 is 1.95 bits per heavy atom. The van der Waals surface area contributed by atoms with E-state index in [0.717, 1.165) is 23.7 Å². The largest absolute Gasteiger partial charge is 0.633 e. The molecule has 2 aliphatic rings. The summed E-state index contributed by atoms with van der Waals surface area (Å²) in [6, 6.07) is 7.86. The molecule has 5 heteroatoms. The molecule has 1 aromatic carbocycles. The van der Waals surface area contributed by atoms with Crippen LogP contribution in [-0.2, 0) is 4.74 Å². The fourth-order valence-electron chi connectivity index (χ4n) is 4.10. The highest BCUT2D eigenvalue weighted by molar-refractivity contribution is 6.04. The summed E-state index contributed by atoms with van der Waals surface area (Å²) in [5, 5.41) is 13.4. The number of nitrogens with one attached hydrogen (secondary N) is 1. The van der Waals surface area contributed by atoms with Crippen molar-refractivity contribution < 1.29 is 14.2 Å². The van der Waals surface area contributed by atoms with Crippen LogP contribution in [0.15, 0.2) is 30.5 Å². The number of piperidine rings is 1. The molecule has 0 amide bonds. The summed E-state index contributed by atoms with van der Waals surface area (Å²) in [4.78, 5) is 15.6. The molecular formula is C17H20N2O3. The van der Waals surface area contributed by atoms with Gasteiger partial charge in [-0.15, -0.1) is 0 Å². The van der Waals surface area contributed by atoms with Crippen LogP contribution < -0.4 is 0 Å². The zero-order valence-electron chi connectivity index (χ0n) is 12.6. The van der Waals surface area contributed by atoms with E-state index in [4.69, 9.17) is 4.74 Å². The van der Waals surface area contributed by atoms with Gasteiger partial charge in [0.05, 0.1) is 24.7 Å². The van der Waals surface area contributed by atoms with E-state index < -0.39 is 0 Å². The van der Waals surface area contributed by atoms with Gasteiger partial charge >= 0.3 is 5.97 Å². The average molecular weight is 300 g/mol. The Bertz CT molecular complexity index is 706. The van der Waals surface area contributed by atoms with E-state index in [1.807, 2.05) is 24.3 Å². The van der Waals surface area contributed by atoms with Crippen LogP contribution in [0.2, 0.25) is 0 Å². The number of carbonyl (C=O) groups is 1. The molecule has 1 aromatic heterocycles. The lowest BCUT2D eigenvalue weighted by Crippen LogP contribution is -2.54. The first-order valence-electron chi connectivity index (χ1n) is 7.89. The molecule has 2 aromatic rings. The fourth-order valence-corrected chi connectivity index (χ4v) is 4.10. The van der Waals surface area contributed by atoms with Crippen molar-refractivity contribution in [3.63, 3.8) is 0 Å². The molecule has 5 nitrogen and oxygen atoms in total. The van der Waals surface area contributed by atoms with Crippen LogP contribution in [0, 0.1) is 5.21 Å². The number of hydroxylamine groups is 3. The highest BCUT2D eigenvalue weighted by Crippen LogP contribution is 2.41. The monoisotopic (exact) mass is 300 g/mol. The van der Waals surface area contributed by atoms with Crippen molar-refractivity contribution in [2.24, 2.45) is 0 Å². The maximum absolute atomic E-state index is 12.5. The molecule has 2 fully saturated rings. The molecule has 0 aliphatic carbocycles. The van der Waals surface area contributed by atoms with Gasteiger partial charge in [0.1, 0.15) is 6.10 Å². The lowest BCUT2D eigenvalue weighted by atomic mass is 9.99. The summed E-state index contributed by atoms with van der Waals surface area (Å²) in [5.41, 5.74) is 1.51. The number of H-pyrrole nitrogens is 1. The average Bonchev–Trinajstić information content (AvgIpc) is 2.94. The van der Waals surface area contributed by atoms with Crippen LogP contribution in [0.1, 0.15) is 36.0 Å². The predicted molar refractivity (Wildman–Crippen MR) is 83.1 cm³/mol. The fraction of sp³-hybridized carbons (Fsp3) is 0.471. The number of hydrogen-bond acceptors (Lipinski definition) is 3. The standard InChI is InChI=1S/C17H20N2O3/c1-19(21)11-6-7-12(19)9-13(8-11)22-17(20)15-10-18-16-5-3-2-4-14(15)16/h2-5,10-13,18H,6-9H2,1H3. The number of hydrogen-bond donors (Lipinski definition) is 1. The minimum Gasteiger partial charge on any atom is -0.633 e. The van der Waals surface area contributed by atoms with Crippen molar-refractivity contribution in [1.82, 2.24) is 4.98 Å². The third-order valence-electron chi connectivity index (χ3n) is 5.44. The summed E-state index contributed by atoms with van der Waals surface area (Å²) < 4.78 is 5.56. The molecule has 4 rings (SSSR count). The number of ether oxygens (including phenoxy) is 1. The van der Waals surface area contributed by atoms with E-state index in [9.17, 15) is 10.0 Å². The first-order valence-corrected chi connectivity index (χ1v) is 7.89. The summed E-state index contributed by atoms with van der Waals surface area (Å²) >= 11 is 0. The highest BCUT2D eigenvalue weighted by atomic mass is 16.6. The van der Waals surface area contributed by atoms with Crippen molar-refractivity contribution in [3.05, 3.63) is 41.2 Å². The number of quaternary nitrogens is 1. The number of carbonyl (C=O) groups excluding carboxylic acids is 1. The van der Waals surface area contributed by atoms with Gasteiger partial charge in [0, 0.05) is 42.8 Å². The minimum absolute atomic E-state index is 0.0829. The van der Waals surface area contributed by atoms with E-state index in [1.54, 1.807) is 13.2 Å². The molecular weight excluding hydrogens is 280 g/mol. The van der Waals surface area contributed by atoms with E-state index in [1.165, 1.54) is 0 Å². The predicted octanol–water partition coefficient (Wildman–Crippen LogP) is 2.96. The molecule has 2 unspecified atom stereocenters. The van der Waals surface area contributed by atoms with Crippen LogP contribution in [-0.4, -0.2) is 40.8 Å². The first kappa shape index (κ1) is 13.8. The molecule has 3 heterocycles. The molecule has 22 heavy (non-hydrogen) atoms. The topological polar surface area (TPSA) is 65.2 Å². The van der Waals surface area contributed by atoms with E-state index in [2.05, 4.69) is 4.98 Å². The lowest BCUT2D eigenvalue weighted by molar-refractivity contribution is -0.903. The van der Waals surface area contributed by atoms with Crippen molar-refractivity contribution in [2.45, 2.75) is 43.9 Å². The van der Waals surface area contributed by atoms with Crippen LogP contribution in [0.3, 0.4) is 0 Å². The third kappa shape index (κ3) is 2.04. The lowest BCUT2D eigenvalue weighted by Gasteiger charge is -2.50. The number of aromatic nitrogens is 1. The Balaban J connectivity index is 1.51.